The molecule has 0 radical (unpaired) electrons. The van der Waals surface area contributed by atoms with E-state index < -0.39 is 0 Å². The predicted octanol–water partition coefficient (Wildman–Crippen LogP) is 3.12. The Morgan fingerprint density at radius 2 is 1.73 bits per heavy atom. The van der Waals surface area contributed by atoms with Crippen molar-refractivity contribution in [3.63, 3.8) is 0 Å². The molecular formula is C24H40N4O2. The molecular weight excluding hydrogens is 376 g/mol. The van der Waals surface area contributed by atoms with E-state index in [2.05, 4.69) is 65.3 Å². The standard InChI is InChI=1S/C24H40N4O2/c1-19-16-28(17-20(2)30-19)18-23-7-5-22(6-8-23)15-26-24(25-3)27(4)12-9-21-10-13-29-14-11-21/h5-8,19-21H,9-18H2,1-4H3,(H,25,26). The molecule has 6 heteroatoms. The summed E-state index contributed by atoms with van der Waals surface area (Å²) in [4.78, 5) is 9.19. The second kappa shape index (κ2) is 11.7. The molecule has 0 bridgehead atoms. The fraction of sp³-hybridized carbons (Fsp3) is 0.708. The first-order valence-corrected chi connectivity index (χ1v) is 11.5. The number of hydrogen-bond donors (Lipinski definition) is 1. The van der Waals surface area contributed by atoms with Gasteiger partial charge in [-0.1, -0.05) is 24.3 Å². The van der Waals surface area contributed by atoms with E-state index in [-0.39, 0.29) is 0 Å². The van der Waals surface area contributed by atoms with Crippen LogP contribution in [0.3, 0.4) is 0 Å². The molecule has 3 rings (SSSR count). The van der Waals surface area contributed by atoms with Gasteiger partial charge in [0.15, 0.2) is 5.96 Å². The lowest BCUT2D eigenvalue weighted by atomic mass is 9.96. The van der Waals surface area contributed by atoms with Crippen molar-refractivity contribution in [1.82, 2.24) is 15.1 Å². The molecule has 2 atom stereocenters. The van der Waals surface area contributed by atoms with Crippen LogP contribution in [0.4, 0.5) is 0 Å². The summed E-state index contributed by atoms with van der Waals surface area (Å²) in [5.74, 6) is 1.74. The Hall–Kier alpha value is -1.63. The van der Waals surface area contributed by atoms with Crippen LogP contribution in [0, 0.1) is 5.92 Å². The van der Waals surface area contributed by atoms with Crippen molar-refractivity contribution in [3.8, 4) is 0 Å². The van der Waals surface area contributed by atoms with Gasteiger partial charge in [-0.2, -0.15) is 0 Å². The number of nitrogens with zero attached hydrogens (tertiary/aromatic N) is 3. The fourth-order valence-electron chi connectivity index (χ4n) is 4.52. The van der Waals surface area contributed by atoms with Gasteiger partial charge in [0, 0.05) is 60.0 Å². The van der Waals surface area contributed by atoms with Crippen LogP contribution in [0.1, 0.15) is 44.2 Å². The molecule has 0 saturated carbocycles. The summed E-state index contributed by atoms with van der Waals surface area (Å²) in [5, 5.41) is 3.51. The summed E-state index contributed by atoms with van der Waals surface area (Å²) >= 11 is 0. The van der Waals surface area contributed by atoms with Gasteiger partial charge in [0.1, 0.15) is 0 Å². The van der Waals surface area contributed by atoms with Gasteiger partial charge in [0.2, 0.25) is 0 Å². The van der Waals surface area contributed by atoms with Gasteiger partial charge in [0.25, 0.3) is 0 Å². The molecule has 168 valence electrons. The highest BCUT2D eigenvalue weighted by atomic mass is 16.5. The number of ether oxygens (including phenoxy) is 2. The van der Waals surface area contributed by atoms with Crippen LogP contribution in [-0.4, -0.2) is 74.9 Å². The maximum atomic E-state index is 5.84. The molecule has 2 fully saturated rings. The molecule has 2 heterocycles. The predicted molar refractivity (Wildman–Crippen MR) is 123 cm³/mol. The Balaban J connectivity index is 1.42. The number of hydrogen-bond acceptors (Lipinski definition) is 4. The first-order chi connectivity index (χ1) is 14.5. The number of guanidine groups is 1. The lowest BCUT2D eigenvalue weighted by Crippen LogP contribution is -2.44. The molecule has 1 N–H and O–H groups in total. The Labute approximate surface area is 182 Å². The van der Waals surface area contributed by atoms with Crippen LogP contribution in [-0.2, 0) is 22.6 Å². The molecule has 30 heavy (non-hydrogen) atoms. The lowest BCUT2D eigenvalue weighted by Gasteiger charge is -2.35. The van der Waals surface area contributed by atoms with Gasteiger partial charge in [-0.3, -0.25) is 9.89 Å². The third kappa shape index (κ3) is 7.25. The Morgan fingerprint density at radius 3 is 2.37 bits per heavy atom. The number of morpholine rings is 1. The zero-order chi connectivity index (χ0) is 21.3. The van der Waals surface area contributed by atoms with Crippen LogP contribution in [0.15, 0.2) is 29.3 Å². The van der Waals surface area contributed by atoms with Crippen LogP contribution in [0.25, 0.3) is 0 Å². The molecule has 0 spiro atoms. The average Bonchev–Trinajstić information content (AvgIpc) is 2.74. The molecule has 6 nitrogen and oxygen atoms in total. The lowest BCUT2D eigenvalue weighted by molar-refractivity contribution is -0.0704. The van der Waals surface area contributed by atoms with Crippen molar-refractivity contribution in [3.05, 3.63) is 35.4 Å². The minimum Gasteiger partial charge on any atom is -0.381 e. The minimum atomic E-state index is 0.312. The number of aliphatic imine (C=N–C) groups is 1. The van der Waals surface area contributed by atoms with Gasteiger partial charge < -0.3 is 19.7 Å². The van der Waals surface area contributed by atoms with Crippen LogP contribution in [0.5, 0.6) is 0 Å². The monoisotopic (exact) mass is 416 g/mol. The van der Waals surface area contributed by atoms with Crippen molar-refractivity contribution in [1.29, 1.82) is 0 Å². The normalized spacial score (nSPS) is 24.1. The maximum Gasteiger partial charge on any atom is 0.193 e. The fourth-order valence-corrected chi connectivity index (χ4v) is 4.52. The van der Waals surface area contributed by atoms with Crippen molar-refractivity contribution < 1.29 is 9.47 Å². The summed E-state index contributed by atoms with van der Waals surface area (Å²) in [6, 6.07) is 8.95. The largest absolute Gasteiger partial charge is 0.381 e. The van der Waals surface area contributed by atoms with Crippen LogP contribution >= 0.6 is 0 Å². The van der Waals surface area contributed by atoms with E-state index in [0.717, 1.165) is 57.8 Å². The van der Waals surface area contributed by atoms with Crippen LogP contribution in [0.2, 0.25) is 0 Å². The van der Waals surface area contributed by atoms with Gasteiger partial charge in [-0.25, -0.2) is 0 Å². The molecule has 0 amide bonds. The molecule has 2 aliphatic rings. The minimum absolute atomic E-state index is 0.312. The summed E-state index contributed by atoms with van der Waals surface area (Å²) in [6.45, 7) is 11.0. The zero-order valence-electron chi connectivity index (χ0n) is 19.3. The van der Waals surface area contributed by atoms with E-state index in [1.807, 2.05) is 7.05 Å². The summed E-state index contributed by atoms with van der Waals surface area (Å²) in [5.41, 5.74) is 2.64. The highest BCUT2D eigenvalue weighted by molar-refractivity contribution is 5.79. The molecule has 0 aromatic heterocycles. The molecule has 0 aliphatic carbocycles. The number of benzene rings is 1. The van der Waals surface area contributed by atoms with Crippen molar-refractivity contribution in [2.75, 3.05) is 46.9 Å². The Bertz CT molecular complexity index is 648. The molecule has 2 unspecified atom stereocenters. The van der Waals surface area contributed by atoms with E-state index >= 15 is 0 Å². The first kappa shape index (κ1) is 23.0. The summed E-state index contributed by atoms with van der Waals surface area (Å²) in [6.07, 6.45) is 4.21. The van der Waals surface area contributed by atoms with Gasteiger partial charge >= 0.3 is 0 Å². The Morgan fingerprint density at radius 1 is 1.10 bits per heavy atom. The van der Waals surface area contributed by atoms with Gasteiger partial charge in [-0.15, -0.1) is 0 Å². The van der Waals surface area contributed by atoms with Crippen molar-refractivity contribution in [2.45, 2.75) is 58.4 Å². The zero-order valence-corrected chi connectivity index (χ0v) is 19.3. The Kier molecular flexibility index (Phi) is 8.97. The van der Waals surface area contributed by atoms with Crippen molar-refractivity contribution >= 4 is 5.96 Å². The first-order valence-electron chi connectivity index (χ1n) is 11.5. The van der Waals surface area contributed by atoms with E-state index in [9.17, 15) is 0 Å². The second-order valence-electron chi connectivity index (χ2n) is 8.93. The molecule has 1 aromatic rings. The summed E-state index contributed by atoms with van der Waals surface area (Å²) < 4.78 is 11.3. The quantitative estimate of drug-likeness (QED) is 0.547. The van der Waals surface area contributed by atoms with Crippen molar-refractivity contribution in [2.24, 2.45) is 10.9 Å². The average molecular weight is 417 g/mol. The number of nitrogens with one attached hydrogen (secondary N) is 1. The van der Waals surface area contributed by atoms with E-state index in [1.54, 1.807) is 0 Å². The topological polar surface area (TPSA) is 49.3 Å². The molecule has 1 aromatic carbocycles. The third-order valence-corrected chi connectivity index (χ3v) is 6.16. The van der Waals surface area contributed by atoms with Crippen LogP contribution < -0.4 is 5.32 Å². The third-order valence-electron chi connectivity index (χ3n) is 6.16. The highest BCUT2D eigenvalue weighted by Gasteiger charge is 2.22. The maximum absolute atomic E-state index is 5.84. The molecule has 2 saturated heterocycles. The number of rotatable bonds is 7. The van der Waals surface area contributed by atoms with E-state index in [4.69, 9.17) is 9.47 Å². The van der Waals surface area contributed by atoms with Gasteiger partial charge in [-0.05, 0) is 50.2 Å². The summed E-state index contributed by atoms with van der Waals surface area (Å²) in [7, 11) is 3.99. The second-order valence-corrected chi connectivity index (χ2v) is 8.93. The van der Waals surface area contributed by atoms with Gasteiger partial charge in [0.05, 0.1) is 12.2 Å². The highest BCUT2D eigenvalue weighted by Crippen LogP contribution is 2.18. The SMILES string of the molecule is CN=C(NCc1ccc(CN2CC(C)OC(C)C2)cc1)N(C)CCC1CCOCC1. The van der Waals surface area contributed by atoms with E-state index in [0.29, 0.717) is 12.2 Å². The smallest absolute Gasteiger partial charge is 0.193 e. The molecule has 2 aliphatic heterocycles. The van der Waals surface area contributed by atoms with E-state index in [1.165, 1.54) is 30.4 Å².